The van der Waals surface area contributed by atoms with Crippen molar-refractivity contribution < 1.29 is 28.7 Å². The second-order valence-electron chi connectivity index (χ2n) is 11.6. The molecule has 0 fully saturated rings. The number of Topliss-reactive ketones (excluding diaryl/α,β-unsaturated/α-hetero) is 1. The maximum atomic E-state index is 12.4. The zero-order valence-electron chi connectivity index (χ0n) is 24.0. The maximum absolute atomic E-state index is 12.4. The first-order valence-corrected chi connectivity index (χ1v) is 15.8. The molecule has 0 saturated carbocycles. The lowest BCUT2D eigenvalue weighted by molar-refractivity contribution is -0.154. The van der Waals surface area contributed by atoms with E-state index in [2.05, 4.69) is 47.8 Å². The molecule has 0 aromatic heterocycles. The fourth-order valence-electron chi connectivity index (χ4n) is 3.18. The summed E-state index contributed by atoms with van der Waals surface area (Å²) in [5, 5.41) is 14.2. The zero-order valence-corrected chi connectivity index (χ0v) is 25.0. The minimum Gasteiger partial charge on any atom is -0.456 e. The normalized spacial score (nSPS) is 12.9. The zero-order chi connectivity index (χ0) is 28.2. The van der Waals surface area contributed by atoms with Gasteiger partial charge in [0.05, 0.1) is 8.07 Å². The molecule has 0 radical (unpaired) electrons. The van der Waals surface area contributed by atoms with Crippen molar-refractivity contribution in [2.45, 2.75) is 103 Å². The highest BCUT2D eigenvalue weighted by molar-refractivity contribution is 6.80. The molecule has 0 aliphatic rings. The third kappa shape index (κ3) is 12.2. The molecule has 0 aliphatic heterocycles. The van der Waals surface area contributed by atoms with Crippen molar-refractivity contribution in [1.82, 2.24) is 10.6 Å². The van der Waals surface area contributed by atoms with Crippen LogP contribution in [-0.2, 0) is 28.7 Å². The number of amides is 1. The number of ketones is 1. The smallest absolute Gasteiger partial charge is 0.335 e. The van der Waals surface area contributed by atoms with E-state index in [0.29, 0.717) is 11.6 Å². The van der Waals surface area contributed by atoms with Crippen molar-refractivity contribution in [2.75, 3.05) is 33.4 Å². The quantitative estimate of drug-likeness (QED) is 0.127. The maximum Gasteiger partial charge on any atom is 0.335 e. The summed E-state index contributed by atoms with van der Waals surface area (Å²) in [4.78, 5) is 47.7. The van der Waals surface area contributed by atoms with E-state index < -0.39 is 37.7 Å². The number of rotatable bonds is 17. The number of nitrogens with zero attached hydrogens (tertiary/aromatic N) is 2. The third-order valence-corrected chi connectivity index (χ3v) is 12.2. The summed E-state index contributed by atoms with van der Waals surface area (Å²) < 4.78 is 9.99. The van der Waals surface area contributed by atoms with Gasteiger partial charge in [-0.05, 0) is 72.5 Å². The van der Waals surface area contributed by atoms with E-state index in [1.54, 1.807) is 0 Å². The highest BCUT2D eigenvalue weighted by atomic mass is 28.3. The number of ether oxygens (including phenoxy) is 2. The molecule has 0 unspecified atom stereocenters. The fourth-order valence-corrected chi connectivity index (χ4v) is 5.77. The van der Waals surface area contributed by atoms with Gasteiger partial charge in [0.25, 0.3) is 5.91 Å². The predicted octanol–water partition coefficient (Wildman–Crippen LogP) is 3.67. The van der Waals surface area contributed by atoms with Crippen LogP contribution in [0, 0.1) is 0 Å². The number of carbonyl (C=O) groups is 4. The van der Waals surface area contributed by atoms with Crippen molar-refractivity contribution >= 4 is 31.7 Å². The van der Waals surface area contributed by atoms with E-state index in [0.717, 1.165) is 25.4 Å². The molecular formula is C25H48N4O6Si. The molecule has 0 heterocycles. The first-order chi connectivity index (χ1) is 16.4. The minimum atomic E-state index is -1.49. The molecule has 0 saturated heterocycles. The van der Waals surface area contributed by atoms with Crippen molar-refractivity contribution in [3.63, 3.8) is 0 Å². The van der Waals surface area contributed by atoms with Gasteiger partial charge in [-0.15, -0.1) is 0 Å². The van der Waals surface area contributed by atoms with Crippen LogP contribution in [0.4, 0.5) is 0 Å². The van der Waals surface area contributed by atoms with Gasteiger partial charge in [0.15, 0.2) is 23.5 Å². The van der Waals surface area contributed by atoms with E-state index in [-0.39, 0.29) is 18.3 Å². The highest BCUT2D eigenvalue weighted by Gasteiger charge is 2.38. The van der Waals surface area contributed by atoms with Crippen LogP contribution in [0.15, 0.2) is 10.2 Å². The number of hydrogen-bond donors (Lipinski definition) is 2. The largest absolute Gasteiger partial charge is 0.456 e. The SMILES string of the molecule is CNCCCC(C)(C)[Si](C)(C)CCCNC(=O)COC(=O)C(C)(C)N=NC(C)(C)C(=O)OCC(C)=O. The van der Waals surface area contributed by atoms with Gasteiger partial charge in [0.2, 0.25) is 0 Å². The van der Waals surface area contributed by atoms with Gasteiger partial charge >= 0.3 is 11.9 Å². The highest BCUT2D eigenvalue weighted by Crippen LogP contribution is 2.44. The average molecular weight is 529 g/mol. The summed E-state index contributed by atoms with van der Waals surface area (Å²) in [5.41, 5.74) is -2.80. The lowest BCUT2D eigenvalue weighted by Gasteiger charge is -2.40. The summed E-state index contributed by atoms with van der Waals surface area (Å²) >= 11 is 0. The van der Waals surface area contributed by atoms with E-state index in [1.165, 1.54) is 41.0 Å². The Morgan fingerprint density at radius 3 is 1.78 bits per heavy atom. The number of carbonyl (C=O) groups excluding carboxylic acids is 4. The van der Waals surface area contributed by atoms with Gasteiger partial charge in [-0.3, -0.25) is 9.59 Å². The van der Waals surface area contributed by atoms with E-state index in [9.17, 15) is 19.2 Å². The van der Waals surface area contributed by atoms with Crippen molar-refractivity contribution in [3.05, 3.63) is 0 Å². The second-order valence-corrected chi connectivity index (χ2v) is 17.2. The Balaban J connectivity index is 4.59. The molecule has 0 aromatic rings. The lowest BCUT2D eigenvalue weighted by Crippen LogP contribution is -2.40. The van der Waals surface area contributed by atoms with Crippen LogP contribution in [0.2, 0.25) is 24.2 Å². The van der Waals surface area contributed by atoms with Gasteiger partial charge in [-0.1, -0.05) is 33.0 Å². The van der Waals surface area contributed by atoms with Crippen molar-refractivity contribution in [3.8, 4) is 0 Å². The van der Waals surface area contributed by atoms with Crippen molar-refractivity contribution in [1.29, 1.82) is 0 Å². The Labute approximate surface area is 217 Å². The topological polar surface area (TPSA) is 136 Å². The number of nitrogens with one attached hydrogen (secondary N) is 2. The fraction of sp³-hybridized carbons (Fsp3) is 0.840. The third-order valence-electron chi connectivity index (χ3n) is 6.65. The number of hydrogen-bond acceptors (Lipinski definition) is 9. The number of azo groups is 1. The second kappa shape index (κ2) is 14.6. The molecule has 1 amide bonds. The van der Waals surface area contributed by atoms with Crippen LogP contribution in [0.3, 0.4) is 0 Å². The Kier molecular flexibility index (Phi) is 13.7. The molecular weight excluding hydrogens is 480 g/mol. The van der Waals surface area contributed by atoms with E-state index >= 15 is 0 Å². The van der Waals surface area contributed by atoms with Gasteiger partial charge in [-0.25, -0.2) is 9.59 Å². The molecule has 2 N–H and O–H groups in total. The average Bonchev–Trinajstić information content (AvgIpc) is 2.77. The van der Waals surface area contributed by atoms with Gasteiger partial charge < -0.3 is 20.1 Å². The van der Waals surface area contributed by atoms with Gasteiger partial charge in [0, 0.05) is 6.54 Å². The van der Waals surface area contributed by atoms with E-state index in [1.807, 2.05) is 7.05 Å². The molecule has 0 aliphatic carbocycles. The number of esters is 2. The van der Waals surface area contributed by atoms with Crippen LogP contribution in [0.25, 0.3) is 0 Å². The van der Waals surface area contributed by atoms with Crippen LogP contribution < -0.4 is 10.6 Å². The molecule has 0 aromatic carbocycles. The Morgan fingerprint density at radius 2 is 1.31 bits per heavy atom. The Hall–Kier alpha value is -2.14. The summed E-state index contributed by atoms with van der Waals surface area (Å²) in [7, 11) is 0.477. The van der Waals surface area contributed by atoms with Crippen LogP contribution in [0.1, 0.15) is 67.7 Å². The molecule has 36 heavy (non-hydrogen) atoms. The minimum absolute atomic E-state index is 0.298. The molecule has 10 nitrogen and oxygen atoms in total. The van der Waals surface area contributed by atoms with Gasteiger partial charge in [-0.2, -0.15) is 10.2 Å². The summed E-state index contributed by atoms with van der Waals surface area (Å²) in [5.74, 6) is -2.16. The Morgan fingerprint density at radius 1 is 0.806 bits per heavy atom. The summed E-state index contributed by atoms with van der Waals surface area (Å²) in [6.07, 6.45) is 3.21. The molecule has 11 heteroatoms. The predicted molar refractivity (Wildman–Crippen MR) is 143 cm³/mol. The summed E-state index contributed by atoms with van der Waals surface area (Å²) in [6.45, 7) is 17.4. The molecule has 0 rings (SSSR count). The standard InChI is InChI=1S/C25H48N4O6Si/c1-19(30)17-34-21(32)24(4,5)28-29-25(6,7)22(33)35-18-20(31)27-15-12-16-36(9,10)23(2,3)13-11-14-26-8/h26H,11-18H2,1-10H3,(H,27,31). The first kappa shape index (κ1) is 33.9. The Bertz CT molecular complexity index is 793. The van der Waals surface area contributed by atoms with Crippen LogP contribution in [-0.4, -0.2) is 76.1 Å². The molecule has 0 atom stereocenters. The van der Waals surface area contributed by atoms with E-state index in [4.69, 9.17) is 9.47 Å². The van der Waals surface area contributed by atoms with Crippen molar-refractivity contribution in [2.24, 2.45) is 10.2 Å². The van der Waals surface area contributed by atoms with Crippen LogP contribution >= 0.6 is 0 Å². The molecule has 0 bridgehead atoms. The molecule has 208 valence electrons. The summed E-state index contributed by atoms with van der Waals surface area (Å²) in [6, 6.07) is 1.09. The lowest BCUT2D eigenvalue weighted by atomic mass is 10.1. The van der Waals surface area contributed by atoms with Crippen LogP contribution in [0.5, 0.6) is 0 Å². The van der Waals surface area contributed by atoms with Gasteiger partial charge in [0.1, 0.15) is 6.61 Å². The monoisotopic (exact) mass is 528 g/mol. The molecule has 0 spiro atoms. The first-order valence-electron chi connectivity index (χ1n) is 12.6.